The summed E-state index contributed by atoms with van der Waals surface area (Å²) in [5, 5.41) is 0.722. The molecule has 0 aliphatic heterocycles. The number of ether oxygens (including phenoxy) is 1. The fourth-order valence-electron chi connectivity index (χ4n) is 0.266. The zero-order chi connectivity index (χ0) is 5.70. The Hall–Kier alpha value is -0.180. The summed E-state index contributed by atoms with van der Waals surface area (Å²) in [5.41, 5.74) is 0. The molecular weight excluding hydrogens is 110 g/mol. The van der Waals surface area contributed by atoms with Gasteiger partial charge < -0.3 is 4.74 Å². The summed E-state index contributed by atoms with van der Waals surface area (Å²) >= 11 is 1.50. The summed E-state index contributed by atoms with van der Waals surface area (Å²) in [6, 6.07) is 0. The Bertz CT molecular complexity index is 66.1. The monoisotopic (exact) mass is 119 g/mol. The Balaban J connectivity index is 3.38. The third kappa shape index (κ3) is 2.51. The molecule has 0 amide bonds. The molecule has 0 aliphatic rings. The molecule has 0 aliphatic carbocycles. The number of methoxy groups -OCH3 is 1. The molecule has 0 fully saturated rings. The van der Waals surface area contributed by atoms with Crippen LogP contribution in [0.15, 0.2) is 4.99 Å². The van der Waals surface area contributed by atoms with Crippen molar-refractivity contribution in [3.05, 3.63) is 0 Å². The van der Waals surface area contributed by atoms with Crippen molar-refractivity contribution in [2.75, 3.05) is 20.4 Å². The van der Waals surface area contributed by atoms with Crippen LogP contribution in [0.1, 0.15) is 0 Å². The first kappa shape index (κ1) is 6.82. The zero-order valence-corrected chi connectivity index (χ0v) is 5.58. The van der Waals surface area contributed by atoms with E-state index in [1.54, 1.807) is 14.2 Å². The second-order valence-corrected chi connectivity index (χ2v) is 1.66. The highest BCUT2D eigenvalue weighted by atomic mass is 32.2. The molecule has 0 aromatic carbocycles. The number of aliphatic imine (C=N–C) groups is 1. The van der Waals surface area contributed by atoms with Crippen molar-refractivity contribution in [1.29, 1.82) is 0 Å². The molecule has 0 rings (SSSR count). The van der Waals surface area contributed by atoms with E-state index in [0.29, 0.717) is 0 Å². The largest absolute Gasteiger partial charge is 0.476 e. The standard InChI is InChI=1S/C4H9NOS/c1-5-4(6-2)7-3/h1-3H3. The van der Waals surface area contributed by atoms with Crippen molar-refractivity contribution in [3.63, 3.8) is 0 Å². The lowest BCUT2D eigenvalue weighted by Gasteiger charge is -1.94. The van der Waals surface area contributed by atoms with Crippen LogP contribution in [-0.4, -0.2) is 25.6 Å². The van der Waals surface area contributed by atoms with Crippen LogP contribution in [0.4, 0.5) is 0 Å². The van der Waals surface area contributed by atoms with Gasteiger partial charge in [-0.05, 0) is 6.26 Å². The van der Waals surface area contributed by atoms with Gasteiger partial charge >= 0.3 is 0 Å². The Morgan fingerprint density at radius 1 is 1.71 bits per heavy atom. The highest BCUT2D eigenvalue weighted by Crippen LogP contribution is 1.95. The summed E-state index contributed by atoms with van der Waals surface area (Å²) in [6.45, 7) is 0. The first-order valence-corrected chi connectivity index (χ1v) is 3.12. The Labute approximate surface area is 48.0 Å². The number of thioether (sulfide) groups is 1. The molecule has 7 heavy (non-hydrogen) atoms. The summed E-state index contributed by atoms with van der Waals surface area (Å²) in [7, 11) is 3.31. The summed E-state index contributed by atoms with van der Waals surface area (Å²) in [4.78, 5) is 3.78. The van der Waals surface area contributed by atoms with Crippen molar-refractivity contribution < 1.29 is 4.74 Å². The van der Waals surface area contributed by atoms with E-state index in [1.165, 1.54) is 11.8 Å². The van der Waals surface area contributed by atoms with Crippen molar-refractivity contribution in [2.24, 2.45) is 4.99 Å². The second kappa shape index (κ2) is 3.99. The molecule has 0 spiro atoms. The Morgan fingerprint density at radius 3 is 2.29 bits per heavy atom. The maximum atomic E-state index is 4.76. The third-order valence-corrected chi connectivity index (χ3v) is 1.23. The molecule has 0 aromatic rings. The van der Waals surface area contributed by atoms with Crippen LogP contribution in [0.25, 0.3) is 0 Å². The average molecular weight is 119 g/mol. The van der Waals surface area contributed by atoms with E-state index in [2.05, 4.69) is 4.99 Å². The van der Waals surface area contributed by atoms with Gasteiger partial charge in [-0.15, -0.1) is 0 Å². The topological polar surface area (TPSA) is 21.6 Å². The first-order valence-electron chi connectivity index (χ1n) is 1.90. The molecule has 42 valence electrons. The molecule has 3 heteroatoms. The maximum absolute atomic E-state index is 4.76. The van der Waals surface area contributed by atoms with Crippen molar-refractivity contribution in [1.82, 2.24) is 0 Å². The lowest BCUT2D eigenvalue weighted by molar-refractivity contribution is 0.415. The second-order valence-electron chi connectivity index (χ2n) is 0.898. The minimum Gasteiger partial charge on any atom is -0.476 e. The Morgan fingerprint density at radius 2 is 2.29 bits per heavy atom. The van der Waals surface area contributed by atoms with E-state index in [-0.39, 0.29) is 0 Å². The van der Waals surface area contributed by atoms with E-state index in [0.717, 1.165) is 5.23 Å². The normalized spacial score (nSPS) is 11.6. The minimum atomic E-state index is 0.722. The smallest absolute Gasteiger partial charge is 0.244 e. The van der Waals surface area contributed by atoms with Gasteiger partial charge in [0.2, 0.25) is 5.23 Å². The van der Waals surface area contributed by atoms with E-state index in [1.807, 2.05) is 6.26 Å². The highest BCUT2D eigenvalue weighted by Gasteiger charge is 1.86. The average Bonchev–Trinajstić information content (AvgIpc) is 1.72. The van der Waals surface area contributed by atoms with E-state index >= 15 is 0 Å². The fourth-order valence-corrected chi connectivity index (χ4v) is 0.615. The molecule has 0 radical (unpaired) electrons. The number of hydrogen-bond acceptors (Lipinski definition) is 3. The van der Waals surface area contributed by atoms with Crippen molar-refractivity contribution in [2.45, 2.75) is 0 Å². The number of nitrogens with zero attached hydrogens (tertiary/aromatic N) is 1. The van der Waals surface area contributed by atoms with Gasteiger partial charge in [-0.1, -0.05) is 11.8 Å². The minimum absolute atomic E-state index is 0.722. The van der Waals surface area contributed by atoms with Gasteiger partial charge in [0.05, 0.1) is 7.11 Å². The molecule has 0 aromatic heterocycles. The van der Waals surface area contributed by atoms with Gasteiger partial charge in [0, 0.05) is 7.05 Å². The van der Waals surface area contributed by atoms with Gasteiger partial charge in [0.25, 0.3) is 0 Å². The lowest BCUT2D eigenvalue weighted by Crippen LogP contribution is -1.91. The van der Waals surface area contributed by atoms with Crippen LogP contribution < -0.4 is 0 Å². The number of rotatable bonds is 0. The lowest BCUT2D eigenvalue weighted by atomic mass is 11.3. The quantitative estimate of drug-likeness (QED) is 0.350. The molecular formula is C4H9NOS. The van der Waals surface area contributed by atoms with Crippen LogP contribution in [0.5, 0.6) is 0 Å². The molecule has 0 heterocycles. The summed E-state index contributed by atoms with van der Waals surface area (Å²) < 4.78 is 4.76. The molecule has 0 N–H and O–H groups in total. The summed E-state index contributed by atoms with van der Waals surface area (Å²) in [5.74, 6) is 0. The predicted octanol–water partition coefficient (Wildman–Crippen LogP) is 0.982. The summed E-state index contributed by atoms with van der Waals surface area (Å²) in [6.07, 6.45) is 1.92. The van der Waals surface area contributed by atoms with E-state index < -0.39 is 0 Å². The molecule has 0 unspecified atom stereocenters. The van der Waals surface area contributed by atoms with E-state index in [4.69, 9.17) is 4.74 Å². The van der Waals surface area contributed by atoms with Gasteiger partial charge in [-0.3, -0.25) is 0 Å². The molecule has 0 saturated heterocycles. The van der Waals surface area contributed by atoms with Gasteiger partial charge in [-0.2, -0.15) is 0 Å². The van der Waals surface area contributed by atoms with Crippen LogP contribution in [0.2, 0.25) is 0 Å². The van der Waals surface area contributed by atoms with Crippen LogP contribution >= 0.6 is 11.8 Å². The van der Waals surface area contributed by atoms with Crippen molar-refractivity contribution in [3.8, 4) is 0 Å². The zero-order valence-electron chi connectivity index (χ0n) is 4.76. The van der Waals surface area contributed by atoms with Gasteiger partial charge in [0.1, 0.15) is 0 Å². The van der Waals surface area contributed by atoms with Gasteiger partial charge in [0.15, 0.2) is 0 Å². The Kier molecular flexibility index (Phi) is 3.89. The van der Waals surface area contributed by atoms with Gasteiger partial charge in [-0.25, -0.2) is 4.99 Å². The molecule has 0 bridgehead atoms. The molecule has 2 nitrogen and oxygen atoms in total. The SMILES string of the molecule is CN=C(OC)SC. The van der Waals surface area contributed by atoms with Crippen LogP contribution in [-0.2, 0) is 4.74 Å². The predicted molar refractivity (Wildman–Crippen MR) is 33.9 cm³/mol. The van der Waals surface area contributed by atoms with Crippen LogP contribution in [0.3, 0.4) is 0 Å². The first-order chi connectivity index (χ1) is 3.35. The number of hydrogen-bond donors (Lipinski definition) is 0. The van der Waals surface area contributed by atoms with Crippen LogP contribution in [0, 0.1) is 0 Å². The van der Waals surface area contributed by atoms with E-state index in [9.17, 15) is 0 Å². The fraction of sp³-hybridized carbons (Fsp3) is 0.750. The maximum Gasteiger partial charge on any atom is 0.244 e. The van der Waals surface area contributed by atoms with Crippen molar-refractivity contribution >= 4 is 17.0 Å². The third-order valence-electron chi connectivity index (χ3n) is 0.532. The molecule has 0 atom stereocenters. The molecule has 0 saturated carbocycles. The highest BCUT2D eigenvalue weighted by molar-refractivity contribution is 8.12.